The van der Waals surface area contributed by atoms with Crippen molar-refractivity contribution in [3.05, 3.63) is 58.1 Å². The van der Waals surface area contributed by atoms with Gasteiger partial charge in [0.15, 0.2) is 0 Å². The van der Waals surface area contributed by atoms with Crippen molar-refractivity contribution in [2.75, 3.05) is 11.4 Å². The molecule has 0 aromatic heterocycles. The molecule has 0 spiro atoms. The van der Waals surface area contributed by atoms with E-state index in [0.29, 0.717) is 18.0 Å². The number of phenols is 1. The van der Waals surface area contributed by atoms with Gasteiger partial charge in [0.25, 0.3) is 5.91 Å². The minimum absolute atomic E-state index is 0.00471. The molecule has 1 amide bonds. The number of hydrogen-bond acceptors (Lipinski definition) is 2. The van der Waals surface area contributed by atoms with E-state index in [9.17, 15) is 9.90 Å². The molecule has 1 heterocycles. The van der Waals surface area contributed by atoms with Crippen LogP contribution in [-0.4, -0.2) is 17.6 Å². The highest BCUT2D eigenvalue weighted by molar-refractivity contribution is 9.10. The normalized spacial score (nSPS) is 17.4. The molecular formula is C17H16BrNO2. The lowest BCUT2D eigenvalue weighted by molar-refractivity contribution is 0.0978. The fraction of sp³-hybridized carbons (Fsp3) is 0.235. The van der Waals surface area contributed by atoms with Gasteiger partial charge in [-0.05, 0) is 42.2 Å². The first-order chi connectivity index (χ1) is 10.1. The molecule has 3 nitrogen and oxygen atoms in total. The van der Waals surface area contributed by atoms with Gasteiger partial charge in [-0.15, -0.1) is 0 Å². The monoisotopic (exact) mass is 345 g/mol. The third-order valence-electron chi connectivity index (χ3n) is 3.78. The van der Waals surface area contributed by atoms with Crippen LogP contribution in [0.15, 0.2) is 46.9 Å². The molecule has 4 heteroatoms. The zero-order valence-electron chi connectivity index (χ0n) is 11.7. The van der Waals surface area contributed by atoms with E-state index >= 15 is 0 Å². The first-order valence-electron chi connectivity index (χ1n) is 6.94. The van der Waals surface area contributed by atoms with Crippen molar-refractivity contribution in [2.24, 2.45) is 5.92 Å². The van der Waals surface area contributed by atoms with E-state index in [2.05, 4.69) is 28.9 Å². The highest BCUT2D eigenvalue weighted by Gasteiger charge is 2.28. The van der Waals surface area contributed by atoms with Gasteiger partial charge in [0, 0.05) is 16.7 Å². The van der Waals surface area contributed by atoms with Crippen LogP contribution in [0.25, 0.3) is 0 Å². The minimum atomic E-state index is -0.154. The van der Waals surface area contributed by atoms with Crippen LogP contribution in [0, 0.1) is 5.92 Å². The van der Waals surface area contributed by atoms with E-state index in [1.807, 2.05) is 18.2 Å². The predicted molar refractivity (Wildman–Crippen MR) is 86.8 cm³/mol. The van der Waals surface area contributed by atoms with E-state index in [1.165, 1.54) is 5.56 Å². The second kappa shape index (κ2) is 5.53. The Kier molecular flexibility index (Phi) is 3.72. The van der Waals surface area contributed by atoms with E-state index < -0.39 is 0 Å². The molecule has 0 aliphatic carbocycles. The van der Waals surface area contributed by atoms with Crippen LogP contribution in [-0.2, 0) is 6.42 Å². The predicted octanol–water partition coefficient (Wildman–Crippen LogP) is 3.99. The van der Waals surface area contributed by atoms with Crippen LogP contribution in [0.2, 0.25) is 0 Å². The fourth-order valence-electron chi connectivity index (χ4n) is 2.82. The molecular weight excluding hydrogens is 330 g/mol. The zero-order chi connectivity index (χ0) is 15.0. The molecule has 0 bridgehead atoms. The lowest BCUT2D eigenvalue weighted by atomic mass is 9.93. The van der Waals surface area contributed by atoms with Crippen molar-refractivity contribution in [3.8, 4) is 5.75 Å². The molecule has 21 heavy (non-hydrogen) atoms. The molecule has 3 rings (SSSR count). The Hall–Kier alpha value is -1.81. The van der Waals surface area contributed by atoms with Gasteiger partial charge in [0.1, 0.15) is 5.75 Å². The van der Waals surface area contributed by atoms with Crippen LogP contribution >= 0.6 is 15.9 Å². The van der Waals surface area contributed by atoms with E-state index in [-0.39, 0.29) is 11.7 Å². The minimum Gasteiger partial charge on any atom is -0.507 e. The van der Waals surface area contributed by atoms with Gasteiger partial charge in [-0.25, -0.2) is 0 Å². The summed E-state index contributed by atoms with van der Waals surface area (Å²) in [6.45, 7) is 2.81. The fourth-order valence-corrected chi connectivity index (χ4v) is 3.17. The van der Waals surface area contributed by atoms with Crippen molar-refractivity contribution in [2.45, 2.75) is 13.3 Å². The Morgan fingerprint density at radius 2 is 2.05 bits per heavy atom. The maximum absolute atomic E-state index is 12.8. The van der Waals surface area contributed by atoms with Crippen molar-refractivity contribution in [1.82, 2.24) is 0 Å². The largest absolute Gasteiger partial charge is 0.507 e. The molecule has 0 saturated carbocycles. The topological polar surface area (TPSA) is 40.5 Å². The number of carbonyl (C=O) groups is 1. The van der Waals surface area contributed by atoms with Gasteiger partial charge < -0.3 is 10.0 Å². The van der Waals surface area contributed by atoms with Crippen molar-refractivity contribution < 1.29 is 9.90 Å². The number of phenolic OH excluding ortho intramolecular Hbond substituents is 1. The number of rotatable bonds is 1. The number of amides is 1. The quantitative estimate of drug-likeness (QED) is 0.848. The molecule has 1 aliphatic heterocycles. The van der Waals surface area contributed by atoms with Crippen LogP contribution in [0.3, 0.4) is 0 Å². The number of para-hydroxylation sites is 1. The number of anilines is 1. The number of nitrogens with zero attached hydrogens (tertiary/aromatic N) is 1. The summed E-state index contributed by atoms with van der Waals surface area (Å²) in [5.74, 6) is 0.255. The summed E-state index contributed by atoms with van der Waals surface area (Å²) < 4.78 is 0.754. The number of benzene rings is 2. The van der Waals surface area contributed by atoms with E-state index in [0.717, 1.165) is 16.6 Å². The summed E-state index contributed by atoms with van der Waals surface area (Å²) in [5, 5.41) is 10.0. The van der Waals surface area contributed by atoms with Crippen LogP contribution in [0.4, 0.5) is 5.69 Å². The average molecular weight is 346 g/mol. The van der Waals surface area contributed by atoms with Crippen molar-refractivity contribution in [3.63, 3.8) is 0 Å². The first kappa shape index (κ1) is 14.1. The second-order valence-electron chi connectivity index (χ2n) is 5.52. The van der Waals surface area contributed by atoms with Crippen molar-refractivity contribution >= 4 is 27.5 Å². The summed E-state index contributed by atoms with van der Waals surface area (Å²) in [6, 6.07) is 12.9. The second-order valence-corrected chi connectivity index (χ2v) is 6.43. The molecule has 0 radical (unpaired) electrons. The van der Waals surface area contributed by atoms with Crippen molar-refractivity contribution in [1.29, 1.82) is 0 Å². The number of halogens is 1. The number of carbonyl (C=O) groups excluding carboxylic acids is 1. The van der Waals surface area contributed by atoms with Gasteiger partial charge >= 0.3 is 0 Å². The lowest BCUT2D eigenvalue weighted by Gasteiger charge is -2.33. The third-order valence-corrected chi connectivity index (χ3v) is 4.27. The summed E-state index contributed by atoms with van der Waals surface area (Å²) >= 11 is 3.29. The Bertz CT molecular complexity index is 699. The van der Waals surface area contributed by atoms with E-state index in [4.69, 9.17) is 0 Å². The smallest absolute Gasteiger partial charge is 0.262 e. The molecule has 1 unspecified atom stereocenters. The summed E-state index contributed by atoms with van der Waals surface area (Å²) in [6.07, 6.45) is 0.978. The molecule has 2 aromatic rings. The summed E-state index contributed by atoms with van der Waals surface area (Å²) in [4.78, 5) is 14.6. The lowest BCUT2D eigenvalue weighted by Crippen LogP contribution is -2.39. The molecule has 1 aliphatic rings. The van der Waals surface area contributed by atoms with Gasteiger partial charge in [-0.1, -0.05) is 41.1 Å². The van der Waals surface area contributed by atoms with Crippen LogP contribution in [0.1, 0.15) is 22.8 Å². The molecule has 108 valence electrons. The van der Waals surface area contributed by atoms with Gasteiger partial charge in [-0.2, -0.15) is 0 Å². The Labute approximate surface area is 132 Å². The Balaban J connectivity index is 2.02. The molecule has 2 aromatic carbocycles. The summed E-state index contributed by atoms with van der Waals surface area (Å²) in [5.41, 5.74) is 2.46. The molecule has 0 saturated heterocycles. The first-order valence-corrected chi connectivity index (χ1v) is 7.74. The number of aromatic hydroxyl groups is 1. The SMILES string of the molecule is CC1Cc2ccccc2N(C(=O)c2ccc(Br)cc2O)C1. The van der Waals surface area contributed by atoms with Crippen LogP contribution < -0.4 is 4.90 Å². The van der Waals surface area contributed by atoms with Gasteiger partial charge in [-0.3, -0.25) is 4.79 Å². The standard InChI is InChI=1S/C17H16BrNO2/c1-11-8-12-4-2-3-5-15(12)19(10-11)17(21)14-7-6-13(18)9-16(14)20/h2-7,9,11,20H,8,10H2,1H3. The van der Waals surface area contributed by atoms with Gasteiger partial charge in [0.05, 0.1) is 5.56 Å². The van der Waals surface area contributed by atoms with E-state index in [1.54, 1.807) is 23.1 Å². The average Bonchev–Trinajstić information content (AvgIpc) is 2.45. The van der Waals surface area contributed by atoms with Crippen LogP contribution in [0.5, 0.6) is 5.75 Å². The highest BCUT2D eigenvalue weighted by Crippen LogP contribution is 2.32. The Morgan fingerprint density at radius 3 is 2.81 bits per heavy atom. The maximum atomic E-state index is 12.8. The number of hydrogen-bond donors (Lipinski definition) is 1. The Morgan fingerprint density at radius 1 is 1.29 bits per heavy atom. The maximum Gasteiger partial charge on any atom is 0.262 e. The third kappa shape index (κ3) is 2.68. The zero-order valence-corrected chi connectivity index (χ0v) is 13.3. The highest BCUT2D eigenvalue weighted by atomic mass is 79.9. The number of fused-ring (bicyclic) bond motifs is 1. The molecule has 1 atom stereocenters. The molecule has 1 N–H and O–H groups in total. The summed E-state index contributed by atoms with van der Waals surface area (Å²) in [7, 11) is 0. The molecule has 0 fully saturated rings. The van der Waals surface area contributed by atoms with Gasteiger partial charge in [0.2, 0.25) is 0 Å².